The van der Waals surface area contributed by atoms with E-state index in [1.807, 2.05) is 12.1 Å². The smallest absolute Gasteiger partial charge is 0.255 e. The van der Waals surface area contributed by atoms with Crippen molar-refractivity contribution < 1.29 is 9.90 Å². The van der Waals surface area contributed by atoms with Crippen LogP contribution >= 0.6 is 0 Å². The van der Waals surface area contributed by atoms with Crippen molar-refractivity contribution in [3.8, 4) is 5.75 Å². The van der Waals surface area contributed by atoms with Gasteiger partial charge < -0.3 is 15.7 Å². The van der Waals surface area contributed by atoms with Crippen molar-refractivity contribution in [1.29, 1.82) is 0 Å². The van der Waals surface area contributed by atoms with Gasteiger partial charge in [0.15, 0.2) is 0 Å². The summed E-state index contributed by atoms with van der Waals surface area (Å²) in [6, 6.07) is 10.9. The lowest BCUT2D eigenvalue weighted by molar-refractivity contribution is 0.102. The normalized spacial score (nSPS) is 13.2. The van der Waals surface area contributed by atoms with Crippen LogP contribution in [0.3, 0.4) is 0 Å². The molecule has 0 saturated heterocycles. The number of hydrogen-bond donors (Lipinski definition) is 3. The molecular weight excluding hydrogens is 264 g/mol. The Bertz CT molecular complexity index is 695. The van der Waals surface area contributed by atoms with Crippen molar-refractivity contribution in [2.45, 2.75) is 19.8 Å². The Morgan fingerprint density at radius 2 is 2.14 bits per heavy atom. The molecule has 0 atom stereocenters. The molecule has 2 aromatic carbocycles. The van der Waals surface area contributed by atoms with Crippen molar-refractivity contribution in [2.75, 3.05) is 17.2 Å². The number of nitrogens with one attached hydrogen (secondary N) is 2. The van der Waals surface area contributed by atoms with Crippen LogP contribution in [-0.2, 0) is 6.42 Å². The minimum atomic E-state index is -0.217. The lowest BCUT2D eigenvalue weighted by atomic mass is 10.0. The fourth-order valence-electron chi connectivity index (χ4n) is 2.56. The molecule has 0 saturated carbocycles. The molecule has 0 fully saturated rings. The molecule has 0 unspecified atom stereocenters. The lowest BCUT2D eigenvalue weighted by Gasteiger charge is -2.21. The number of para-hydroxylation sites is 1. The van der Waals surface area contributed by atoms with E-state index in [4.69, 9.17) is 0 Å². The summed E-state index contributed by atoms with van der Waals surface area (Å²) < 4.78 is 0. The molecular formula is C17H18N2O2. The van der Waals surface area contributed by atoms with Gasteiger partial charge in [0.25, 0.3) is 5.91 Å². The first-order valence-corrected chi connectivity index (χ1v) is 7.12. The zero-order valence-corrected chi connectivity index (χ0v) is 11.9. The first kappa shape index (κ1) is 13.5. The molecule has 0 radical (unpaired) electrons. The minimum absolute atomic E-state index is 0.135. The van der Waals surface area contributed by atoms with Crippen LogP contribution < -0.4 is 10.6 Å². The van der Waals surface area contributed by atoms with E-state index in [2.05, 4.69) is 16.7 Å². The van der Waals surface area contributed by atoms with E-state index in [9.17, 15) is 9.90 Å². The summed E-state index contributed by atoms with van der Waals surface area (Å²) in [5, 5.41) is 16.0. The highest BCUT2D eigenvalue weighted by atomic mass is 16.3. The van der Waals surface area contributed by atoms with Crippen LogP contribution in [0.15, 0.2) is 36.4 Å². The third kappa shape index (κ3) is 2.70. The van der Waals surface area contributed by atoms with Crippen LogP contribution in [-0.4, -0.2) is 17.6 Å². The molecule has 3 rings (SSSR count). The van der Waals surface area contributed by atoms with E-state index < -0.39 is 0 Å². The Balaban J connectivity index is 1.86. The van der Waals surface area contributed by atoms with Crippen molar-refractivity contribution >= 4 is 17.3 Å². The van der Waals surface area contributed by atoms with Crippen molar-refractivity contribution in [3.05, 3.63) is 53.1 Å². The van der Waals surface area contributed by atoms with Gasteiger partial charge in [-0.05, 0) is 49.1 Å². The maximum Gasteiger partial charge on any atom is 0.255 e. The van der Waals surface area contributed by atoms with Crippen molar-refractivity contribution in [2.24, 2.45) is 0 Å². The molecule has 1 aliphatic heterocycles. The van der Waals surface area contributed by atoms with Crippen LogP contribution in [0.25, 0.3) is 0 Å². The zero-order valence-electron chi connectivity index (χ0n) is 11.9. The number of hydrogen-bond acceptors (Lipinski definition) is 3. The second-order valence-corrected chi connectivity index (χ2v) is 5.33. The fraction of sp³-hybridized carbons (Fsp3) is 0.235. The summed E-state index contributed by atoms with van der Waals surface area (Å²) >= 11 is 0. The molecule has 0 aromatic heterocycles. The number of aryl methyl sites for hydroxylation is 2. The van der Waals surface area contributed by atoms with Crippen LogP contribution in [0, 0.1) is 6.92 Å². The maximum absolute atomic E-state index is 12.3. The van der Waals surface area contributed by atoms with E-state index in [1.54, 1.807) is 19.1 Å². The van der Waals surface area contributed by atoms with Gasteiger partial charge in [-0.25, -0.2) is 0 Å². The monoisotopic (exact) mass is 282 g/mol. The van der Waals surface area contributed by atoms with Crippen LogP contribution in [0.2, 0.25) is 0 Å². The number of rotatable bonds is 2. The molecule has 2 aromatic rings. The third-order valence-corrected chi connectivity index (χ3v) is 3.79. The number of phenols is 1. The minimum Gasteiger partial charge on any atom is -0.508 e. The van der Waals surface area contributed by atoms with Crippen LogP contribution in [0.4, 0.5) is 11.4 Å². The molecule has 1 amide bonds. The molecule has 4 nitrogen and oxygen atoms in total. The van der Waals surface area contributed by atoms with Crippen LogP contribution in [0.5, 0.6) is 5.75 Å². The second-order valence-electron chi connectivity index (χ2n) is 5.33. The summed E-state index contributed by atoms with van der Waals surface area (Å²) in [4.78, 5) is 12.3. The summed E-state index contributed by atoms with van der Waals surface area (Å²) in [6.45, 7) is 2.72. The first-order chi connectivity index (χ1) is 10.1. The Hall–Kier alpha value is -2.49. The molecule has 0 aliphatic carbocycles. The van der Waals surface area contributed by atoms with E-state index in [-0.39, 0.29) is 11.7 Å². The van der Waals surface area contributed by atoms with E-state index >= 15 is 0 Å². The number of aromatic hydroxyl groups is 1. The number of phenolic OH excluding ortho intramolecular Hbond substituents is 1. The summed E-state index contributed by atoms with van der Waals surface area (Å²) in [7, 11) is 0. The molecule has 1 aliphatic rings. The summed E-state index contributed by atoms with van der Waals surface area (Å²) in [5.74, 6) is -0.0815. The van der Waals surface area contributed by atoms with Gasteiger partial charge in [-0.1, -0.05) is 18.2 Å². The average Bonchev–Trinajstić information content (AvgIpc) is 2.50. The standard InChI is InChI=1S/C17H18N2O2/c1-11-7-8-13(10-15(11)20)17(21)19-14-6-2-4-12-5-3-9-18-16(12)14/h2,4,6-8,10,18,20H,3,5,9H2,1H3,(H,19,21). The highest BCUT2D eigenvalue weighted by Gasteiger charge is 2.15. The SMILES string of the molecule is Cc1ccc(C(=O)Nc2cccc3c2NCCC3)cc1O. The van der Waals surface area contributed by atoms with Crippen molar-refractivity contribution in [1.82, 2.24) is 0 Å². The Morgan fingerprint density at radius 1 is 1.29 bits per heavy atom. The number of benzene rings is 2. The van der Waals surface area contributed by atoms with Gasteiger partial charge in [0, 0.05) is 12.1 Å². The van der Waals surface area contributed by atoms with Gasteiger partial charge in [-0.15, -0.1) is 0 Å². The van der Waals surface area contributed by atoms with Crippen LogP contribution in [0.1, 0.15) is 27.9 Å². The molecule has 108 valence electrons. The third-order valence-electron chi connectivity index (χ3n) is 3.79. The van der Waals surface area contributed by atoms with E-state index in [0.717, 1.165) is 36.3 Å². The maximum atomic E-state index is 12.3. The molecule has 4 heteroatoms. The Morgan fingerprint density at radius 3 is 2.95 bits per heavy atom. The number of carbonyl (C=O) groups is 1. The summed E-state index contributed by atoms with van der Waals surface area (Å²) in [6.07, 6.45) is 2.13. The van der Waals surface area contributed by atoms with Crippen molar-refractivity contribution in [3.63, 3.8) is 0 Å². The molecule has 3 N–H and O–H groups in total. The molecule has 0 spiro atoms. The molecule has 1 heterocycles. The zero-order chi connectivity index (χ0) is 14.8. The van der Waals surface area contributed by atoms with Gasteiger partial charge in [0.05, 0.1) is 11.4 Å². The van der Waals surface area contributed by atoms with Gasteiger partial charge in [-0.2, -0.15) is 0 Å². The first-order valence-electron chi connectivity index (χ1n) is 7.12. The quantitative estimate of drug-likeness (QED) is 0.792. The predicted octanol–water partition coefficient (Wildman–Crippen LogP) is 3.31. The molecule has 21 heavy (non-hydrogen) atoms. The second kappa shape index (κ2) is 5.48. The Kier molecular flexibility index (Phi) is 3.52. The predicted molar refractivity (Wildman–Crippen MR) is 84.0 cm³/mol. The van der Waals surface area contributed by atoms with Gasteiger partial charge in [0.2, 0.25) is 0 Å². The number of fused-ring (bicyclic) bond motifs is 1. The van der Waals surface area contributed by atoms with E-state index in [1.165, 1.54) is 11.6 Å². The highest BCUT2D eigenvalue weighted by Crippen LogP contribution is 2.30. The molecule has 0 bridgehead atoms. The fourth-order valence-corrected chi connectivity index (χ4v) is 2.56. The van der Waals surface area contributed by atoms with E-state index in [0.29, 0.717) is 5.56 Å². The van der Waals surface area contributed by atoms with Gasteiger partial charge in [-0.3, -0.25) is 4.79 Å². The highest BCUT2D eigenvalue weighted by molar-refractivity contribution is 6.06. The average molecular weight is 282 g/mol. The summed E-state index contributed by atoms with van der Waals surface area (Å²) in [5.41, 5.74) is 4.23. The number of anilines is 2. The number of amides is 1. The Labute approximate surface area is 123 Å². The number of carbonyl (C=O) groups excluding carboxylic acids is 1. The topological polar surface area (TPSA) is 61.4 Å². The lowest BCUT2D eigenvalue weighted by Crippen LogP contribution is -2.17. The van der Waals surface area contributed by atoms with Gasteiger partial charge in [0.1, 0.15) is 5.75 Å². The largest absolute Gasteiger partial charge is 0.508 e. The van der Waals surface area contributed by atoms with Gasteiger partial charge >= 0.3 is 0 Å².